The monoisotopic (exact) mass is 234 g/mol. The molecule has 3 nitrogen and oxygen atoms in total. The van der Waals surface area contributed by atoms with Crippen molar-refractivity contribution in [2.24, 2.45) is 11.8 Å². The molecule has 17 heavy (non-hydrogen) atoms. The van der Waals surface area contributed by atoms with Gasteiger partial charge in [0.15, 0.2) is 0 Å². The van der Waals surface area contributed by atoms with Crippen molar-refractivity contribution < 1.29 is 4.79 Å². The van der Waals surface area contributed by atoms with Crippen LogP contribution in [0.15, 0.2) is 23.4 Å². The highest BCUT2D eigenvalue weighted by atomic mass is 16.1. The first-order valence-corrected chi connectivity index (χ1v) is 6.42. The maximum atomic E-state index is 12.3. The summed E-state index contributed by atoms with van der Waals surface area (Å²) in [4.78, 5) is 14.4. The molecule has 1 aliphatic carbocycles. The fourth-order valence-corrected chi connectivity index (χ4v) is 2.65. The highest BCUT2D eigenvalue weighted by Gasteiger charge is 2.33. The van der Waals surface area contributed by atoms with E-state index in [9.17, 15) is 4.79 Å². The molecule has 2 unspecified atom stereocenters. The second kappa shape index (κ2) is 5.05. The number of nitrogens with zero attached hydrogens (tertiary/aromatic N) is 1. The first-order valence-electron chi connectivity index (χ1n) is 6.42. The Kier molecular flexibility index (Phi) is 3.67. The molecule has 0 saturated carbocycles. The molecule has 0 amide bonds. The third kappa shape index (κ3) is 2.60. The first-order chi connectivity index (χ1) is 8.09. The minimum Gasteiger partial charge on any atom is -0.387 e. The van der Waals surface area contributed by atoms with E-state index in [0.717, 1.165) is 19.5 Å². The van der Waals surface area contributed by atoms with E-state index in [1.165, 1.54) is 11.3 Å². The summed E-state index contributed by atoms with van der Waals surface area (Å²) in [5, 5.41) is 3.40. The van der Waals surface area contributed by atoms with Crippen molar-refractivity contribution >= 4 is 5.78 Å². The van der Waals surface area contributed by atoms with E-state index in [2.05, 4.69) is 29.3 Å². The Labute approximate surface area is 104 Å². The van der Waals surface area contributed by atoms with Crippen molar-refractivity contribution in [3.05, 3.63) is 23.4 Å². The van der Waals surface area contributed by atoms with E-state index >= 15 is 0 Å². The molecule has 0 saturated heterocycles. The van der Waals surface area contributed by atoms with Crippen molar-refractivity contribution in [1.82, 2.24) is 10.2 Å². The maximum Gasteiger partial charge on any atom is 0.143 e. The highest BCUT2D eigenvalue weighted by Crippen LogP contribution is 2.33. The summed E-state index contributed by atoms with van der Waals surface area (Å²) in [6, 6.07) is 0. The fraction of sp³-hybridized carbons (Fsp3) is 0.643. The van der Waals surface area contributed by atoms with Crippen LogP contribution >= 0.6 is 0 Å². The van der Waals surface area contributed by atoms with Crippen LogP contribution in [0, 0.1) is 11.8 Å². The average molecular weight is 234 g/mol. The number of Topliss-reactive ketones (excluding diaryl/α,β-unsaturated/α-hetero) is 1. The van der Waals surface area contributed by atoms with Crippen molar-refractivity contribution in [2.45, 2.75) is 19.8 Å². The molecule has 2 rings (SSSR count). The van der Waals surface area contributed by atoms with Gasteiger partial charge in [0, 0.05) is 25.2 Å². The van der Waals surface area contributed by atoms with E-state index in [4.69, 9.17) is 0 Å². The van der Waals surface area contributed by atoms with Crippen LogP contribution in [0.1, 0.15) is 19.8 Å². The molecule has 0 radical (unpaired) electrons. The van der Waals surface area contributed by atoms with Gasteiger partial charge in [-0.1, -0.05) is 19.1 Å². The quantitative estimate of drug-likeness (QED) is 0.801. The van der Waals surface area contributed by atoms with Gasteiger partial charge < -0.3 is 10.2 Å². The van der Waals surface area contributed by atoms with Crippen molar-refractivity contribution in [2.75, 3.05) is 27.2 Å². The van der Waals surface area contributed by atoms with Crippen LogP contribution in [-0.2, 0) is 4.79 Å². The van der Waals surface area contributed by atoms with Crippen LogP contribution in [0.3, 0.4) is 0 Å². The molecule has 0 aromatic rings. The van der Waals surface area contributed by atoms with Crippen LogP contribution in [0.25, 0.3) is 0 Å². The van der Waals surface area contributed by atoms with Crippen LogP contribution in [0.2, 0.25) is 0 Å². The zero-order chi connectivity index (χ0) is 12.4. The Bertz CT molecular complexity index is 368. The van der Waals surface area contributed by atoms with Gasteiger partial charge in [0.1, 0.15) is 5.78 Å². The van der Waals surface area contributed by atoms with Gasteiger partial charge >= 0.3 is 0 Å². The van der Waals surface area contributed by atoms with Gasteiger partial charge in [0.05, 0.1) is 5.92 Å². The molecule has 0 aromatic carbocycles. The molecular weight excluding hydrogens is 212 g/mol. The number of rotatable bonds is 4. The van der Waals surface area contributed by atoms with E-state index in [1.54, 1.807) is 0 Å². The normalized spacial score (nSPS) is 27.3. The molecule has 94 valence electrons. The SMILES string of the molecule is CC1C=CC2=C(NCC2)C1C(=O)CCN(C)C. The van der Waals surface area contributed by atoms with Crippen LogP contribution in [0.5, 0.6) is 0 Å². The van der Waals surface area contributed by atoms with Crippen molar-refractivity contribution in [1.29, 1.82) is 0 Å². The van der Waals surface area contributed by atoms with Crippen molar-refractivity contribution in [3.63, 3.8) is 0 Å². The molecule has 1 heterocycles. The van der Waals surface area contributed by atoms with E-state index in [1.807, 2.05) is 14.1 Å². The lowest BCUT2D eigenvalue weighted by molar-refractivity contribution is -0.123. The van der Waals surface area contributed by atoms with Gasteiger partial charge in [-0.15, -0.1) is 0 Å². The molecule has 0 fully saturated rings. The molecule has 1 N–H and O–H groups in total. The number of carbonyl (C=O) groups is 1. The summed E-state index contributed by atoms with van der Waals surface area (Å²) in [5.41, 5.74) is 2.54. The summed E-state index contributed by atoms with van der Waals surface area (Å²) >= 11 is 0. The van der Waals surface area contributed by atoms with E-state index in [-0.39, 0.29) is 5.92 Å². The molecule has 2 aliphatic rings. The molecule has 3 heteroatoms. The summed E-state index contributed by atoms with van der Waals surface area (Å²) in [6.45, 7) is 3.96. The lowest BCUT2D eigenvalue weighted by atomic mass is 9.80. The second-order valence-electron chi connectivity index (χ2n) is 5.33. The number of hydrogen-bond acceptors (Lipinski definition) is 3. The smallest absolute Gasteiger partial charge is 0.143 e. The Morgan fingerprint density at radius 1 is 1.53 bits per heavy atom. The van der Waals surface area contributed by atoms with Crippen LogP contribution in [0.4, 0.5) is 0 Å². The zero-order valence-electron chi connectivity index (χ0n) is 11.0. The second-order valence-corrected chi connectivity index (χ2v) is 5.33. The zero-order valence-corrected chi connectivity index (χ0v) is 11.0. The topological polar surface area (TPSA) is 32.3 Å². The summed E-state index contributed by atoms with van der Waals surface area (Å²) < 4.78 is 0. The molecule has 1 aliphatic heterocycles. The average Bonchev–Trinajstić information content (AvgIpc) is 2.73. The molecule has 2 atom stereocenters. The van der Waals surface area contributed by atoms with Gasteiger partial charge in [-0.2, -0.15) is 0 Å². The highest BCUT2D eigenvalue weighted by molar-refractivity contribution is 5.85. The summed E-state index contributed by atoms with van der Waals surface area (Å²) in [5.74, 6) is 0.768. The van der Waals surface area contributed by atoms with Crippen LogP contribution in [-0.4, -0.2) is 37.9 Å². The van der Waals surface area contributed by atoms with Gasteiger partial charge in [-0.25, -0.2) is 0 Å². The van der Waals surface area contributed by atoms with E-state index < -0.39 is 0 Å². The lowest BCUT2D eigenvalue weighted by Crippen LogP contribution is -2.32. The molecule has 0 spiro atoms. The largest absolute Gasteiger partial charge is 0.387 e. The van der Waals surface area contributed by atoms with Gasteiger partial charge in [-0.3, -0.25) is 4.79 Å². The minimum absolute atomic E-state index is 0.0671. The lowest BCUT2D eigenvalue weighted by Gasteiger charge is -2.26. The van der Waals surface area contributed by atoms with Gasteiger partial charge in [0.2, 0.25) is 0 Å². The molecule has 0 bridgehead atoms. The molecule has 0 aromatic heterocycles. The third-order valence-corrected chi connectivity index (χ3v) is 3.65. The Morgan fingerprint density at radius 3 is 3.00 bits per heavy atom. The number of nitrogens with one attached hydrogen (secondary N) is 1. The first kappa shape index (κ1) is 12.4. The Morgan fingerprint density at radius 2 is 2.29 bits per heavy atom. The predicted octanol–water partition coefficient (Wildman–Crippen LogP) is 1.58. The summed E-state index contributed by atoms with van der Waals surface area (Å²) in [6.07, 6.45) is 6.09. The minimum atomic E-state index is 0.0671. The summed E-state index contributed by atoms with van der Waals surface area (Å²) in [7, 11) is 4.02. The number of ketones is 1. The standard InChI is InChI=1S/C14H22N2O/c1-10-4-5-11-6-8-15-14(11)13(10)12(17)7-9-16(2)3/h4-5,10,13,15H,6-9H2,1-3H3. The number of carbonyl (C=O) groups excluding carboxylic acids is 1. The Balaban J connectivity index is 2.08. The van der Waals surface area contributed by atoms with E-state index in [0.29, 0.717) is 18.1 Å². The Hall–Kier alpha value is -1.09. The number of hydrogen-bond donors (Lipinski definition) is 1. The van der Waals surface area contributed by atoms with Crippen LogP contribution < -0.4 is 5.32 Å². The number of allylic oxidation sites excluding steroid dienone is 3. The van der Waals surface area contributed by atoms with Gasteiger partial charge in [-0.05, 0) is 32.0 Å². The molecular formula is C14H22N2O. The third-order valence-electron chi connectivity index (χ3n) is 3.65. The van der Waals surface area contributed by atoms with Gasteiger partial charge in [0.25, 0.3) is 0 Å². The fourth-order valence-electron chi connectivity index (χ4n) is 2.65. The maximum absolute atomic E-state index is 12.3. The predicted molar refractivity (Wildman–Crippen MR) is 69.6 cm³/mol. The van der Waals surface area contributed by atoms with Crippen molar-refractivity contribution in [3.8, 4) is 0 Å².